The molecule has 1 heterocycles. The SMILES string of the molecule is CCCN1CCCc2ccc(CCCN)cc21. The highest BCUT2D eigenvalue weighted by Crippen LogP contribution is 2.28. The molecule has 0 amide bonds. The summed E-state index contributed by atoms with van der Waals surface area (Å²) in [7, 11) is 0. The van der Waals surface area contributed by atoms with E-state index in [2.05, 4.69) is 30.0 Å². The van der Waals surface area contributed by atoms with Crippen LogP contribution < -0.4 is 10.6 Å². The Morgan fingerprint density at radius 3 is 3.00 bits per heavy atom. The van der Waals surface area contributed by atoms with Crippen LogP contribution in [0, 0.1) is 0 Å². The van der Waals surface area contributed by atoms with Gasteiger partial charge in [0.15, 0.2) is 0 Å². The molecule has 17 heavy (non-hydrogen) atoms. The minimum atomic E-state index is 0.787. The number of benzene rings is 1. The van der Waals surface area contributed by atoms with Gasteiger partial charge in [-0.05, 0) is 55.8 Å². The second-order valence-corrected chi connectivity index (χ2v) is 4.95. The van der Waals surface area contributed by atoms with Gasteiger partial charge in [-0.25, -0.2) is 0 Å². The Labute approximate surface area is 105 Å². The second kappa shape index (κ2) is 6.06. The quantitative estimate of drug-likeness (QED) is 0.846. The van der Waals surface area contributed by atoms with Gasteiger partial charge in [0.25, 0.3) is 0 Å². The molecular weight excluding hydrogens is 208 g/mol. The van der Waals surface area contributed by atoms with Gasteiger partial charge in [0, 0.05) is 18.8 Å². The summed E-state index contributed by atoms with van der Waals surface area (Å²) in [5.74, 6) is 0. The first kappa shape index (κ1) is 12.4. The van der Waals surface area contributed by atoms with Crippen molar-refractivity contribution in [2.24, 2.45) is 5.73 Å². The van der Waals surface area contributed by atoms with Crippen LogP contribution in [0.5, 0.6) is 0 Å². The van der Waals surface area contributed by atoms with Gasteiger partial charge in [-0.15, -0.1) is 0 Å². The van der Waals surface area contributed by atoms with E-state index in [-0.39, 0.29) is 0 Å². The van der Waals surface area contributed by atoms with Crippen molar-refractivity contribution in [2.45, 2.75) is 39.0 Å². The molecule has 2 rings (SSSR count). The Kier molecular flexibility index (Phi) is 4.43. The molecule has 0 saturated heterocycles. The maximum Gasteiger partial charge on any atom is 0.0401 e. The highest BCUT2D eigenvalue weighted by atomic mass is 15.1. The molecule has 0 bridgehead atoms. The van der Waals surface area contributed by atoms with E-state index in [0.29, 0.717) is 0 Å². The van der Waals surface area contributed by atoms with Gasteiger partial charge < -0.3 is 10.6 Å². The fraction of sp³-hybridized carbons (Fsp3) is 0.600. The molecule has 0 unspecified atom stereocenters. The first-order valence-corrected chi connectivity index (χ1v) is 6.92. The summed E-state index contributed by atoms with van der Waals surface area (Å²) in [6.07, 6.45) is 5.98. The Hall–Kier alpha value is -1.02. The Bertz CT molecular complexity index is 360. The molecule has 2 N–H and O–H groups in total. The van der Waals surface area contributed by atoms with Crippen LogP contribution in [0.15, 0.2) is 18.2 Å². The van der Waals surface area contributed by atoms with Crippen molar-refractivity contribution in [2.75, 3.05) is 24.5 Å². The molecule has 0 aromatic heterocycles. The standard InChI is InChI=1S/C15H24N2/c1-2-10-17-11-4-6-14-8-7-13(5-3-9-16)12-15(14)17/h7-8,12H,2-6,9-11,16H2,1H3. The van der Waals surface area contributed by atoms with Crippen LogP contribution >= 0.6 is 0 Å². The monoisotopic (exact) mass is 232 g/mol. The number of hydrogen-bond acceptors (Lipinski definition) is 2. The highest BCUT2D eigenvalue weighted by Gasteiger charge is 2.16. The Balaban J connectivity index is 2.18. The summed E-state index contributed by atoms with van der Waals surface area (Å²) in [6, 6.07) is 6.99. The first-order chi connectivity index (χ1) is 8.35. The zero-order chi connectivity index (χ0) is 12.1. The molecule has 1 aliphatic heterocycles. The van der Waals surface area contributed by atoms with Gasteiger partial charge in [-0.1, -0.05) is 19.1 Å². The molecule has 0 saturated carbocycles. The summed E-state index contributed by atoms with van der Waals surface area (Å²) in [6.45, 7) is 5.46. The third kappa shape index (κ3) is 3.01. The first-order valence-electron chi connectivity index (χ1n) is 6.92. The molecule has 1 aromatic rings. The van der Waals surface area contributed by atoms with Crippen LogP contribution in [-0.4, -0.2) is 19.6 Å². The fourth-order valence-corrected chi connectivity index (χ4v) is 2.66. The third-order valence-electron chi connectivity index (χ3n) is 3.53. The lowest BCUT2D eigenvalue weighted by molar-refractivity contribution is 0.680. The van der Waals surface area contributed by atoms with E-state index in [1.165, 1.54) is 49.2 Å². The average Bonchev–Trinajstić information content (AvgIpc) is 2.37. The predicted octanol–water partition coefficient (Wildman–Crippen LogP) is 2.74. The average molecular weight is 232 g/mol. The molecular formula is C15H24N2. The minimum absolute atomic E-state index is 0.787. The Morgan fingerprint density at radius 1 is 1.35 bits per heavy atom. The van der Waals surface area contributed by atoms with Crippen LogP contribution in [0.3, 0.4) is 0 Å². The summed E-state index contributed by atoms with van der Waals surface area (Å²) in [4.78, 5) is 2.55. The topological polar surface area (TPSA) is 29.3 Å². The van der Waals surface area contributed by atoms with Crippen LogP contribution in [0.25, 0.3) is 0 Å². The van der Waals surface area contributed by atoms with Crippen LogP contribution in [-0.2, 0) is 12.8 Å². The number of hydrogen-bond donors (Lipinski definition) is 1. The molecule has 0 atom stereocenters. The number of fused-ring (bicyclic) bond motifs is 1. The summed E-state index contributed by atoms with van der Waals surface area (Å²) >= 11 is 0. The molecule has 1 aromatic carbocycles. The molecule has 2 heteroatoms. The number of nitrogens with two attached hydrogens (primary N) is 1. The summed E-state index contributed by atoms with van der Waals surface area (Å²) in [5, 5.41) is 0. The number of aryl methyl sites for hydroxylation is 2. The lowest BCUT2D eigenvalue weighted by Gasteiger charge is -2.31. The van der Waals surface area contributed by atoms with E-state index in [4.69, 9.17) is 5.73 Å². The minimum Gasteiger partial charge on any atom is -0.371 e. The lowest BCUT2D eigenvalue weighted by atomic mass is 9.98. The van der Waals surface area contributed by atoms with Gasteiger partial charge in [0.2, 0.25) is 0 Å². The molecule has 0 fully saturated rings. The van der Waals surface area contributed by atoms with Gasteiger partial charge in [-0.2, -0.15) is 0 Å². The number of nitrogens with zero attached hydrogens (tertiary/aromatic N) is 1. The second-order valence-electron chi connectivity index (χ2n) is 4.95. The van der Waals surface area contributed by atoms with Crippen molar-refractivity contribution in [3.8, 4) is 0 Å². The van der Waals surface area contributed by atoms with Crippen molar-refractivity contribution >= 4 is 5.69 Å². The van der Waals surface area contributed by atoms with E-state index in [0.717, 1.165) is 19.4 Å². The molecule has 0 aliphatic carbocycles. The normalized spacial score (nSPS) is 14.8. The molecule has 2 nitrogen and oxygen atoms in total. The van der Waals surface area contributed by atoms with Crippen LogP contribution in [0.2, 0.25) is 0 Å². The van der Waals surface area contributed by atoms with Crippen molar-refractivity contribution in [3.05, 3.63) is 29.3 Å². The van der Waals surface area contributed by atoms with Gasteiger partial charge in [0.05, 0.1) is 0 Å². The van der Waals surface area contributed by atoms with Crippen molar-refractivity contribution in [1.82, 2.24) is 0 Å². The number of anilines is 1. The van der Waals surface area contributed by atoms with E-state index < -0.39 is 0 Å². The van der Waals surface area contributed by atoms with E-state index in [1.807, 2.05) is 0 Å². The van der Waals surface area contributed by atoms with Crippen molar-refractivity contribution < 1.29 is 0 Å². The van der Waals surface area contributed by atoms with Crippen LogP contribution in [0.4, 0.5) is 5.69 Å². The van der Waals surface area contributed by atoms with Crippen molar-refractivity contribution in [3.63, 3.8) is 0 Å². The maximum atomic E-state index is 5.58. The zero-order valence-electron chi connectivity index (χ0n) is 10.9. The number of rotatable bonds is 5. The molecule has 1 aliphatic rings. The highest BCUT2D eigenvalue weighted by molar-refractivity contribution is 5.57. The molecule has 0 radical (unpaired) electrons. The fourth-order valence-electron chi connectivity index (χ4n) is 2.66. The summed E-state index contributed by atoms with van der Waals surface area (Å²) < 4.78 is 0. The van der Waals surface area contributed by atoms with Crippen LogP contribution in [0.1, 0.15) is 37.3 Å². The van der Waals surface area contributed by atoms with Gasteiger partial charge >= 0.3 is 0 Å². The summed E-state index contributed by atoms with van der Waals surface area (Å²) in [5.41, 5.74) is 10.0. The van der Waals surface area contributed by atoms with E-state index in [1.54, 1.807) is 0 Å². The van der Waals surface area contributed by atoms with Crippen molar-refractivity contribution in [1.29, 1.82) is 0 Å². The maximum absolute atomic E-state index is 5.58. The largest absolute Gasteiger partial charge is 0.371 e. The predicted molar refractivity (Wildman–Crippen MR) is 74.6 cm³/mol. The van der Waals surface area contributed by atoms with Gasteiger partial charge in [0.1, 0.15) is 0 Å². The third-order valence-corrected chi connectivity index (χ3v) is 3.53. The molecule has 94 valence electrons. The van der Waals surface area contributed by atoms with E-state index in [9.17, 15) is 0 Å². The molecule has 0 spiro atoms. The van der Waals surface area contributed by atoms with Gasteiger partial charge in [-0.3, -0.25) is 0 Å². The zero-order valence-corrected chi connectivity index (χ0v) is 10.9. The smallest absolute Gasteiger partial charge is 0.0401 e. The Morgan fingerprint density at radius 2 is 2.24 bits per heavy atom. The van der Waals surface area contributed by atoms with E-state index >= 15 is 0 Å². The lowest BCUT2D eigenvalue weighted by Crippen LogP contribution is -2.30.